The Bertz CT molecular complexity index is 1400. The van der Waals surface area contributed by atoms with Crippen LogP contribution >= 0.6 is 11.6 Å². The molecule has 0 heterocycles. The molecule has 212 valence electrons. The summed E-state index contributed by atoms with van der Waals surface area (Å²) in [5.41, 5.74) is -0.224. The highest BCUT2D eigenvalue weighted by molar-refractivity contribution is 6.39. The number of hydrogen-bond donors (Lipinski definition) is 1. The lowest BCUT2D eigenvalue weighted by atomic mass is 9.80. The molecular weight excluding hydrogens is 544 g/mol. The Morgan fingerprint density at radius 2 is 1.73 bits per heavy atom. The van der Waals surface area contributed by atoms with Crippen LogP contribution in [0.2, 0.25) is 5.02 Å². The Labute approximate surface area is 236 Å². The first-order valence-corrected chi connectivity index (χ1v) is 13.4. The van der Waals surface area contributed by atoms with E-state index in [0.29, 0.717) is 30.4 Å². The molecule has 0 saturated carbocycles. The van der Waals surface area contributed by atoms with E-state index in [2.05, 4.69) is 20.4 Å². The van der Waals surface area contributed by atoms with Gasteiger partial charge in [-0.25, -0.2) is 9.18 Å². The first-order chi connectivity index (χ1) is 18.8. The number of rotatable bonds is 12. The summed E-state index contributed by atoms with van der Waals surface area (Å²) in [6.45, 7) is 8.04. The number of allylic oxidation sites excluding steroid dienone is 1. The third-order valence-corrected chi connectivity index (χ3v) is 7.73. The van der Waals surface area contributed by atoms with Crippen molar-refractivity contribution in [3.63, 3.8) is 0 Å². The maximum atomic E-state index is 14.4. The number of carbonyl (C=O) groups is 2. The lowest BCUT2D eigenvalue weighted by molar-refractivity contribution is -0.137. The fourth-order valence-electron chi connectivity index (χ4n) is 4.90. The highest BCUT2D eigenvalue weighted by atomic mass is 35.5. The first-order valence-electron chi connectivity index (χ1n) is 13.0. The molecule has 0 saturated heterocycles. The summed E-state index contributed by atoms with van der Waals surface area (Å²) in [6, 6.07) is 14.2. The van der Waals surface area contributed by atoms with Gasteiger partial charge in [0, 0.05) is 5.57 Å². The van der Waals surface area contributed by atoms with Crippen molar-refractivity contribution in [1.82, 2.24) is 0 Å². The van der Waals surface area contributed by atoms with Crippen molar-refractivity contribution in [2.75, 3.05) is 0 Å². The zero-order valence-corrected chi connectivity index (χ0v) is 23.1. The fraction of sp³-hybridized carbons (Fsp3) is 0.312. The van der Waals surface area contributed by atoms with Crippen LogP contribution in [0.25, 0.3) is 5.57 Å². The highest BCUT2D eigenvalue weighted by Gasteiger charge is 2.37. The molecule has 8 heteroatoms. The Morgan fingerprint density at radius 3 is 2.35 bits per heavy atom. The Kier molecular flexibility index (Phi) is 10.3. The number of carboxylic acid groups (broad SMARTS) is 1. The van der Waals surface area contributed by atoms with Crippen molar-refractivity contribution in [3.8, 4) is 0 Å². The second-order valence-corrected chi connectivity index (χ2v) is 10.4. The topological polar surface area (TPSA) is 54.4 Å². The number of hydrogen-bond acceptors (Lipinski definition) is 2. The van der Waals surface area contributed by atoms with Gasteiger partial charge in [-0.05, 0) is 78.5 Å². The normalized spacial score (nSPS) is 13.1. The monoisotopic (exact) mass is 574 g/mol. The van der Waals surface area contributed by atoms with Gasteiger partial charge in [0.2, 0.25) is 0 Å². The van der Waals surface area contributed by atoms with Crippen LogP contribution in [0.4, 0.5) is 17.6 Å². The van der Waals surface area contributed by atoms with Gasteiger partial charge >= 0.3 is 12.1 Å². The van der Waals surface area contributed by atoms with Crippen LogP contribution in [0.5, 0.6) is 0 Å². The number of carboxylic acids is 1. The number of aromatic carboxylic acids is 1. The van der Waals surface area contributed by atoms with Crippen LogP contribution in [0, 0.1) is 17.7 Å². The molecule has 2 unspecified atom stereocenters. The highest BCUT2D eigenvalue weighted by Crippen LogP contribution is 2.38. The van der Waals surface area contributed by atoms with E-state index < -0.39 is 34.9 Å². The zero-order chi connectivity index (χ0) is 29.6. The summed E-state index contributed by atoms with van der Waals surface area (Å²) in [5.74, 6) is -2.22. The van der Waals surface area contributed by atoms with E-state index >= 15 is 0 Å². The molecule has 0 radical (unpaired) electrons. The molecule has 3 aromatic carbocycles. The molecule has 2 atom stereocenters. The minimum atomic E-state index is -4.76. The van der Waals surface area contributed by atoms with Gasteiger partial charge in [-0.3, -0.25) is 4.79 Å². The van der Waals surface area contributed by atoms with Crippen LogP contribution < -0.4 is 0 Å². The Morgan fingerprint density at radius 1 is 1.02 bits per heavy atom. The van der Waals surface area contributed by atoms with Gasteiger partial charge in [-0.15, -0.1) is 0 Å². The van der Waals surface area contributed by atoms with Crippen LogP contribution in [0.3, 0.4) is 0 Å². The number of halogens is 5. The molecule has 0 aliphatic heterocycles. The predicted octanol–water partition coefficient (Wildman–Crippen LogP) is 9.32. The van der Waals surface area contributed by atoms with E-state index in [1.165, 1.54) is 18.2 Å². The van der Waals surface area contributed by atoms with E-state index in [-0.39, 0.29) is 28.0 Å². The minimum Gasteiger partial charge on any atom is -0.478 e. The molecule has 0 amide bonds. The SMILES string of the molecule is C=C(C(=O)c1c(Cl)cccc1C(F)(F)F)c1ccccc1CC(CCCc1ccc(C(=O)O)cc1F)C(C)CC. The molecule has 3 aromatic rings. The molecule has 3 rings (SSSR count). The minimum absolute atomic E-state index is 0.0716. The average molecular weight is 575 g/mol. The summed E-state index contributed by atoms with van der Waals surface area (Å²) in [7, 11) is 0. The van der Waals surface area contributed by atoms with Crippen molar-refractivity contribution in [2.24, 2.45) is 11.8 Å². The molecule has 40 heavy (non-hydrogen) atoms. The quantitative estimate of drug-likeness (QED) is 0.133. The lowest BCUT2D eigenvalue weighted by Gasteiger charge is -2.25. The van der Waals surface area contributed by atoms with E-state index in [1.54, 1.807) is 18.2 Å². The largest absolute Gasteiger partial charge is 0.478 e. The standard InChI is InChI=1S/C32H31ClF4O3/c1-4-19(2)22(11-7-10-21-15-16-24(31(39)40)18-28(21)34)17-23-9-5-6-12-25(23)20(3)30(38)29-26(32(35,36)37)13-8-14-27(29)33/h5-6,8-9,12-16,18-19,22H,3-4,7,10-11,17H2,1-2H3,(H,39,40). The summed E-state index contributed by atoms with van der Waals surface area (Å²) in [6.07, 6.45) is -1.53. The van der Waals surface area contributed by atoms with E-state index in [9.17, 15) is 27.2 Å². The van der Waals surface area contributed by atoms with E-state index in [0.717, 1.165) is 36.6 Å². The number of alkyl halides is 3. The average Bonchev–Trinajstić information content (AvgIpc) is 2.91. The molecule has 0 aliphatic carbocycles. The third kappa shape index (κ3) is 7.39. The van der Waals surface area contributed by atoms with Crippen molar-refractivity contribution in [2.45, 2.75) is 52.1 Å². The van der Waals surface area contributed by atoms with Gasteiger partial charge in [0.15, 0.2) is 5.78 Å². The smallest absolute Gasteiger partial charge is 0.417 e. The molecule has 0 aliphatic rings. The number of ketones is 1. The second kappa shape index (κ2) is 13.3. The van der Waals surface area contributed by atoms with Crippen molar-refractivity contribution >= 4 is 28.9 Å². The van der Waals surface area contributed by atoms with Crippen LogP contribution in [0.1, 0.15) is 76.1 Å². The third-order valence-electron chi connectivity index (χ3n) is 7.41. The predicted molar refractivity (Wildman–Crippen MR) is 149 cm³/mol. The summed E-state index contributed by atoms with van der Waals surface area (Å²) in [5, 5.41) is 8.76. The van der Waals surface area contributed by atoms with Crippen molar-refractivity contribution < 1.29 is 32.3 Å². The number of Topliss-reactive ketones (excluding diaryl/α,β-unsaturated/α-hetero) is 1. The molecule has 0 aromatic heterocycles. The Hall–Kier alpha value is -3.45. The number of aryl methyl sites for hydroxylation is 1. The molecular formula is C32H31ClF4O3. The van der Waals surface area contributed by atoms with Crippen molar-refractivity contribution in [3.05, 3.63) is 111 Å². The maximum Gasteiger partial charge on any atom is 0.417 e. The zero-order valence-electron chi connectivity index (χ0n) is 22.3. The van der Waals surface area contributed by atoms with Crippen LogP contribution in [0.15, 0.2) is 67.2 Å². The molecule has 3 nitrogen and oxygen atoms in total. The lowest BCUT2D eigenvalue weighted by Crippen LogP contribution is -2.17. The number of carbonyl (C=O) groups excluding carboxylic acids is 1. The van der Waals surface area contributed by atoms with Gasteiger partial charge in [0.1, 0.15) is 5.82 Å². The molecule has 1 N–H and O–H groups in total. The van der Waals surface area contributed by atoms with Gasteiger partial charge in [0.25, 0.3) is 0 Å². The van der Waals surface area contributed by atoms with E-state index in [4.69, 9.17) is 16.7 Å². The maximum absolute atomic E-state index is 14.4. The van der Waals surface area contributed by atoms with Gasteiger partial charge < -0.3 is 5.11 Å². The van der Waals surface area contributed by atoms with Gasteiger partial charge in [0.05, 0.1) is 21.7 Å². The summed E-state index contributed by atoms with van der Waals surface area (Å²) < 4.78 is 55.4. The van der Waals surface area contributed by atoms with Crippen LogP contribution in [-0.2, 0) is 19.0 Å². The number of benzene rings is 3. The summed E-state index contributed by atoms with van der Waals surface area (Å²) >= 11 is 6.07. The van der Waals surface area contributed by atoms with Gasteiger partial charge in [-0.1, -0.05) is 74.8 Å². The van der Waals surface area contributed by atoms with Gasteiger partial charge in [-0.2, -0.15) is 13.2 Å². The van der Waals surface area contributed by atoms with Crippen molar-refractivity contribution in [1.29, 1.82) is 0 Å². The fourth-order valence-corrected chi connectivity index (χ4v) is 5.16. The second-order valence-electron chi connectivity index (χ2n) is 9.98. The molecule has 0 spiro atoms. The van der Waals surface area contributed by atoms with Crippen LogP contribution in [-0.4, -0.2) is 16.9 Å². The van der Waals surface area contributed by atoms with E-state index in [1.807, 2.05) is 6.07 Å². The molecule has 0 bridgehead atoms. The molecule has 0 fully saturated rings. The first kappa shape index (κ1) is 31.1. The summed E-state index contributed by atoms with van der Waals surface area (Å²) in [4.78, 5) is 24.4. The Balaban J connectivity index is 1.83.